The second-order valence-electron chi connectivity index (χ2n) is 6.82. The molecule has 3 N–H and O–H groups in total. The van der Waals surface area contributed by atoms with E-state index in [1.54, 1.807) is 0 Å². The van der Waals surface area contributed by atoms with Crippen molar-refractivity contribution in [2.24, 2.45) is 0 Å². The van der Waals surface area contributed by atoms with Crippen LogP contribution in [0.3, 0.4) is 0 Å². The molecule has 3 aromatic carbocycles. The number of amides is 1. The molecule has 0 heterocycles. The average molecular weight is 619 g/mol. The van der Waals surface area contributed by atoms with Crippen molar-refractivity contribution in [1.82, 2.24) is 10.6 Å². The molecule has 0 saturated heterocycles. The molecule has 0 unspecified atom stereocenters. The van der Waals surface area contributed by atoms with E-state index < -0.39 is 15.9 Å². The van der Waals surface area contributed by atoms with Crippen LogP contribution in [0.2, 0.25) is 0 Å². The number of para-hydroxylation sites is 1. The lowest BCUT2D eigenvalue weighted by Gasteiger charge is -2.30. The van der Waals surface area contributed by atoms with Crippen molar-refractivity contribution in [2.45, 2.75) is 15.9 Å². The Labute approximate surface area is 221 Å². The Morgan fingerprint density at radius 2 is 1.31 bits per heavy atom. The first kappa shape index (κ1) is 25.1. The van der Waals surface area contributed by atoms with Gasteiger partial charge in [-0.25, -0.2) is 0 Å². The molecule has 3 aromatic rings. The van der Waals surface area contributed by atoms with Crippen molar-refractivity contribution in [2.75, 3.05) is 5.32 Å². The van der Waals surface area contributed by atoms with E-state index in [9.17, 15) is 4.79 Å². The summed E-state index contributed by atoms with van der Waals surface area (Å²) in [5.41, 5.74) is 2.43. The molecular weight excluding hydrogens is 600 g/mol. The maximum Gasteiger partial charge on any atom is 0.233 e. The van der Waals surface area contributed by atoms with Crippen LogP contribution in [-0.2, 0) is 4.79 Å². The average Bonchev–Trinajstić information content (AvgIpc) is 2.76. The van der Waals surface area contributed by atoms with E-state index in [1.807, 2.05) is 84.9 Å². The summed E-state index contributed by atoms with van der Waals surface area (Å²) >= 11 is 26.1. The van der Waals surface area contributed by atoms with Gasteiger partial charge in [-0.15, -0.1) is 0 Å². The lowest BCUT2D eigenvalue weighted by atomic mass is 9.90. The predicted molar refractivity (Wildman–Crippen MR) is 145 cm³/mol. The van der Waals surface area contributed by atoms with E-state index in [-0.39, 0.29) is 11.0 Å². The Balaban J connectivity index is 1.81. The summed E-state index contributed by atoms with van der Waals surface area (Å²) in [6.07, 6.45) is -1.07. The van der Waals surface area contributed by atoms with Crippen LogP contribution < -0.4 is 16.0 Å². The molecule has 9 heteroatoms. The number of anilines is 1. The maximum absolute atomic E-state index is 13.4. The van der Waals surface area contributed by atoms with E-state index in [2.05, 4.69) is 38.5 Å². The molecule has 32 heavy (non-hydrogen) atoms. The van der Waals surface area contributed by atoms with Gasteiger partial charge in [0.25, 0.3) is 0 Å². The molecule has 4 nitrogen and oxygen atoms in total. The number of thiocarbonyl (C=S) groups is 1. The van der Waals surface area contributed by atoms with Crippen molar-refractivity contribution in [3.8, 4) is 0 Å². The van der Waals surface area contributed by atoms with Gasteiger partial charge in [0.2, 0.25) is 9.70 Å². The number of carbonyl (C=O) groups is 1. The van der Waals surface area contributed by atoms with Crippen molar-refractivity contribution < 1.29 is 4.79 Å². The summed E-state index contributed by atoms with van der Waals surface area (Å²) in [5, 5.41) is 8.99. The minimum Gasteiger partial charge on any atom is -0.339 e. The number of hydrogen-bond donors (Lipinski definition) is 3. The Hall–Kier alpha value is -1.58. The number of nitrogens with one attached hydrogen (secondary N) is 3. The van der Waals surface area contributed by atoms with Crippen LogP contribution in [0.25, 0.3) is 0 Å². The van der Waals surface area contributed by atoms with Gasteiger partial charge in [-0.05, 0) is 58.1 Å². The number of carbonyl (C=O) groups excluding carboxylic acids is 1. The Bertz CT molecular complexity index is 1030. The van der Waals surface area contributed by atoms with Crippen LogP contribution in [0.4, 0.5) is 5.69 Å². The number of hydrogen-bond acceptors (Lipinski definition) is 2. The fourth-order valence-electron chi connectivity index (χ4n) is 3.06. The third-order valence-electron chi connectivity index (χ3n) is 4.54. The third-order valence-corrected chi connectivity index (χ3v) is 6.35. The first-order valence-corrected chi connectivity index (χ1v) is 12.2. The molecule has 0 spiro atoms. The van der Waals surface area contributed by atoms with E-state index >= 15 is 0 Å². The van der Waals surface area contributed by atoms with Crippen LogP contribution in [0, 0.1) is 3.57 Å². The second kappa shape index (κ2) is 11.5. The minimum absolute atomic E-state index is 0.210. The van der Waals surface area contributed by atoms with Crippen LogP contribution in [0.5, 0.6) is 0 Å². The summed E-state index contributed by atoms with van der Waals surface area (Å²) in [7, 11) is 0. The lowest BCUT2D eigenvalue weighted by molar-refractivity contribution is -0.122. The van der Waals surface area contributed by atoms with E-state index in [4.69, 9.17) is 47.0 Å². The number of rotatable bonds is 6. The molecule has 0 aliphatic heterocycles. The zero-order valence-electron chi connectivity index (χ0n) is 16.6. The van der Waals surface area contributed by atoms with Gasteiger partial charge in [0, 0.05) is 3.57 Å². The first-order chi connectivity index (χ1) is 15.3. The topological polar surface area (TPSA) is 53.2 Å². The summed E-state index contributed by atoms with van der Waals surface area (Å²) in [6, 6.07) is 26.5. The molecule has 0 bridgehead atoms. The van der Waals surface area contributed by atoms with Crippen LogP contribution in [0.15, 0.2) is 84.9 Å². The maximum atomic E-state index is 13.4. The summed E-state index contributed by atoms with van der Waals surface area (Å²) in [5.74, 6) is -0.922. The molecule has 0 fully saturated rings. The van der Waals surface area contributed by atoms with Gasteiger partial charge in [0.05, 0.1) is 11.6 Å². The summed E-state index contributed by atoms with van der Waals surface area (Å²) < 4.78 is -0.889. The van der Waals surface area contributed by atoms with Gasteiger partial charge < -0.3 is 16.0 Å². The van der Waals surface area contributed by atoms with Gasteiger partial charge in [0.15, 0.2) is 5.11 Å². The van der Waals surface area contributed by atoms with Crippen LogP contribution in [-0.4, -0.2) is 21.0 Å². The normalized spacial score (nSPS) is 12.2. The number of alkyl halides is 3. The van der Waals surface area contributed by atoms with Gasteiger partial charge in [-0.1, -0.05) is 108 Å². The van der Waals surface area contributed by atoms with Crippen molar-refractivity contribution >= 4 is 86.3 Å². The zero-order valence-corrected chi connectivity index (χ0v) is 21.8. The van der Waals surface area contributed by atoms with Crippen LogP contribution in [0.1, 0.15) is 17.0 Å². The van der Waals surface area contributed by atoms with Crippen molar-refractivity contribution in [3.63, 3.8) is 0 Å². The SMILES string of the molecule is O=C(N[C@H](NC(=S)Nc1ccccc1I)C(Cl)(Cl)Cl)C(c1ccccc1)c1ccccc1. The molecule has 0 aromatic heterocycles. The Morgan fingerprint density at radius 3 is 1.81 bits per heavy atom. The van der Waals surface area contributed by atoms with Gasteiger partial charge in [-0.3, -0.25) is 4.79 Å². The second-order valence-corrected chi connectivity index (χ2v) is 10.8. The monoisotopic (exact) mass is 617 g/mol. The molecular formula is C23H19Cl3IN3OS. The van der Waals surface area contributed by atoms with Crippen molar-refractivity contribution in [1.29, 1.82) is 0 Å². The van der Waals surface area contributed by atoms with Crippen LogP contribution >= 0.6 is 69.6 Å². The smallest absolute Gasteiger partial charge is 0.233 e. The van der Waals surface area contributed by atoms with E-state index in [0.717, 1.165) is 20.4 Å². The number of benzene rings is 3. The molecule has 1 atom stereocenters. The van der Waals surface area contributed by atoms with Crippen molar-refractivity contribution in [3.05, 3.63) is 99.6 Å². The molecule has 3 rings (SSSR count). The standard InChI is InChI=1S/C23H19Cl3IN3OS/c24-23(25,26)21(30-22(32)28-18-14-8-7-13-17(18)27)29-20(31)19(15-9-3-1-4-10-15)16-11-5-2-6-12-16/h1-14,19,21H,(H,29,31)(H2,28,30,32)/t21-/m1/s1. The molecule has 1 amide bonds. The van der Waals surface area contributed by atoms with Gasteiger partial charge >= 0.3 is 0 Å². The molecule has 0 radical (unpaired) electrons. The largest absolute Gasteiger partial charge is 0.339 e. The fraction of sp³-hybridized carbons (Fsp3) is 0.130. The highest BCUT2D eigenvalue weighted by atomic mass is 127. The highest BCUT2D eigenvalue weighted by molar-refractivity contribution is 14.1. The lowest BCUT2D eigenvalue weighted by Crippen LogP contribution is -2.57. The zero-order chi connectivity index (χ0) is 23.1. The first-order valence-electron chi connectivity index (χ1n) is 9.54. The highest BCUT2D eigenvalue weighted by Crippen LogP contribution is 2.31. The van der Waals surface area contributed by atoms with Gasteiger partial charge in [0.1, 0.15) is 6.17 Å². The quantitative estimate of drug-likeness (QED) is 0.133. The van der Waals surface area contributed by atoms with E-state index in [0.29, 0.717) is 0 Å². The Morgan fingerprint density at radius 1 is 0.812 bits per heavy atom. The van der Waals surface area contributed by atoms with E-state index in [1.165, 1.54) is 0 Å². The highest BCUT2D eigenvalue weighted by Gasteiger charge is 2.36. The molecule has 0 aliphatic carbocycles. The number of halogens is 4. The summed E-state index contributed by atoms with van der Waals surface area (Å²) in [4.78, 5) is 13.4. The molecule has 166 valence electrons. The Kier molecular flexibility index (Phi) is 9.02. The fourth-order valence-corrected chi connectivity index (χ4v) is 4.14. The molecule has 0 aliphatic rings. The predicted octanol–water partition coefficient (Wildman–Crippen LogP) is 6.22. The third kappa shape index (κ3) is 6.96. The van der Waals surface area contributed by atoms with Gasteiger partial charge in [-0.2, -0.15) is 0 Å². The minimum atomic E-state index is -1.86. The molecule has 0 saturated carbocycles. The summed E-state index contributed by atoms with van der Waals surface area (Å²) in [6.45, 7) is 0.